The molecule has 188 valence electrons. The summed E-state index contributed by atoms with van der Waals surface area (Å²) >= 11 is 0. The van der Waals surface area contributed by atoms with Crippen LogP contribution in [0.2, 0.25) is 0 Å². The highest BCUT2D eigenvalue weighted by Crippen LogP contribution is 2.43. The van der Waals surface area contributed by atoms with Crippen LogP contribution in [0.15, 0.2) is 24.5 Å². The Kier molecular flexibility index (Phi) is 8.10. The maximum absolute atomic E-state index is 13.4. The van der Waals surface area contributed by atoms with Gasteiger partial charge in [0.1, 0.15) is 5.56 Å². The smallest absolute Gasteiger partial charge is 0.258 e. The number of fused-ring (bicyclic) bond motifs is 2. The van der Waals surface area contributed by atoms with Crippen molar-refractivity contribution in [3.8, 4) is 5.88 Å². The summed E-state index contributed by atoms with van der Waals surface area (Å²) in [7, 11) is 0. The van der Waals surface area contributed by atoms with E-state index in [-0.39, 0.29) is 41.1 Å². The van der Waals surface area contributed by atoms with Crippen molar-refractivity contribution in [3.63, 3.8) is 0 Å². The van der Waals surface area contributed by atoms with E-state index in [1.807, 2.05) is 33.0 Å². The lowest BCUT2D eigenvalue weighted by Gasteiger charge is -2.45. The number of primary amides is 1. The van der Waals surface area contributed by atoms with Crippen molar-refractivity contribution in [2.45, 2.75) is 78.3 Å². The average molecular weight is 472 g/mol. The van der Waals surface area contributed by atoms with Crippen molar-refractivity contribution in [3.05, 3.63) is 30.1 Å². The van der Waals surface area contributed by atoms with Crippen molar-refractivity contribution >= 4 is 18.0 Å². The highest BCUT2D eigenvalue weighted by molar-refractivity contribution is 5.96. The molecule has 8 nitrogen and oxygen atoms in total. The van der Waals surface area contributed by atoms with Gasteiger partial charge in [-0.25, -0.2) is 4.68 Å². The van der Waals surface area contributed by atoms with Crippen molar-refractivity contribution in [2.75, 3.05) is 6.61 Å². The van der Waals surface area contributed by atoms with Crippen LogP contribution in [0.1, 0.15) is 77.1 Å². The summed E-state index contributed by atoms with van der Waals surface area (Å²) in [6, 6.07) is 0.0485. The Morgan fingerprint density at radius 2 is 1.97 bits per heavy atom. The zero-order valence-electron chi connectivity index (χ0n) is 21.3. The Balaban J connectivity index is 1.80. The summed E-state index contributed by atoms with van der Waals surface area (Å²) in [5.41, 5.74) is 6.55. The second-order valence-corrected chi connectivity index (χ2v) is 11.0. The summed E-state index contributed by atoms with van der Waals surface area (Å²) in [5, 5.41) is 11.0. The van der Waals surface area contributed by atoms with Crippen LogP contribution in [-0.4, -0.2) is 39.8 Å². The van der Waals surface area contributed by atoms with Crippen LogP contribution in [0.3, 0.4) is 0 Å². The van der Waals surface area contributed by atoms with Crippen LogP contribution in [0.4, 0.5) is 0 Å². The molecule has 4 N–H and O–H groups in total. The zero-order chi connectivity index (χ0) is 25.0. The predicted molar refractivity (Wildman–Crippen MR) is 134 cm³/mol. The van der Waals surface area contributed by atoms with Gasteiger partial charge in [0.2, 0.25) is 11.8 Å². The lowest BCUT2D eigenvalue weighted by atomic mass is 9.64. The van der Waals surface area contributed by atoms with E-state index in [9.17, 15) is 9.59 Å². The van der Waals surface area contributed by atoms with E-state index < -0.39 is 0 Å². The molecule has 2 bridgehead atoms. The summed E-state index contributed by atoms with van der Waals surface area (Å²) < 4.78 is 7.67. The normalized spacial score (nSPS) is 24.8. The SMILES string of the molecule is C=C(C)NC(C)(C)/C=C/n1ncc(C(=O)N[C@H]2C3CCCC2C[C@@H](C(N)=O)C3)c1OCC(C)C. The van der Waals surface area contributed by atoms with E-state index in [0.717, 1.165) is 37.8 Å². The lowest BCUT2D eigenvalue weighted by Crippen LogP contribution is -2.52. The Labute approximate surface area is 203 Å². The summed E-state index contributed by atoms with van der Waals surface area (Å²) in [6.07, 6.45) is 10.00. The van der Waals surface area contributed by atoms with Crippen molar-refractivity contribution in [2.24, 2.45) is 29.4 Å². The number of ether oxygens (including phenoxy) is 1. The molecule has 2 atom stereocenters. The number of hydrogen-bond donors (Lipinski definition) is 3. The molecule has 2 unspecified atom stereocenters. The first kappa shape index (κ1) is 25.8. The standard InChI is InChI=1S/C26H41N5O3/c1-16(2)15-34-25-21(14-28-31(25)11-10-26(5,6)30-17(3)4)24(33)29-22-18-8-7-9-19(22)13-20(12-18)23(27)32/h10-11,14,16,18-20,22,30H,3,7-9,12-13,15H2,1-2,4-6H3,(H2,27,32)(H,29,33)/b11-10+/t18?,19?,20-,22-. The molecule has 0 saturated heterocycles. The number of nitrogens with one attached hydrogen (secondary N) is 2. The molecule has 2 aliphatic rings. The van der Waals surface area contributed by atoms with Gasteiger partial charge in [-0.05, 0) is 70.3 Å². The first-order valence-electron chi connectivity index (χ1n) is 12.4. The minimum absolute atomic E-state index is 0.0485. The Morgan fingerprint density at radius 1 is 1.32 bits per heavy atom. The van der Waals surface area contributed by atoms with E-state index in [2.05, 4.69) is 36.2 Å². The van der Waals surface area contributed by atoms with Gasteiger partial charge in [0.25, 0.3) is 5.91 Å². The largest absolute Gasteiger partial charge is 0.477 e. The van der Waals surface area contributed by atoms with E-state index in [1.54, 1.807) is 10.9 Å². The number of rotatable bonds is 10. The molecule has 34 heavy (non-hydrogen) atoms. The van der Waals surface area contributed by atoms with Crippen LogP contribution >= 0.6 is 0 Å². The minimum atomic E-state index is -0.341. The van der Waals surface area contributed by atoms with Gasteiger partial charge >= 0.3 is 0 Å². The van der Waals surface area contributed by atoms with Crippen LogP contribution in [0, 0.1) is 23.7 Å². The van der Waals surface area contributed by atoms with Gasteiger partial charge in [-0.15, -0.1) is 0 Å². The molecule has 3 rings (SSSR count). The third kappa shape index (κ3) is 6.42. The van der Waals surface area contributed by atoms with Gasteiger partial charge in [0.05, 0.1) is 18.3 Å². The lowest BCUT2D eigenvalue weighted by molar-refractivity contribution is -0.124. The molecule has 2 amide bonds. The second kappa shape index (κ2) is 10.7. The molecule has 0 aromatic carbocycles. The molecule has 0 aliphatic heterocycles. The average Bonchev–Trinajstić information content (AvgIpc) is 3.12. The van der Waals surface area contributed by atoms with Crippen molar-refractivity contribution in [1.29, 1.82) is 0 Å². The molecule has 0 spiro atoms. The van der Waals surface area contributed by atoms with Crippen LogP contribution < -0.4 is 21.1 Å². The van der Waals surface area contributed by atoms with Gasteiger partial charge in [-0.1, -0.05) is 26.8 Å². The summed E-state index contributed by atoms with van der Waals surface area (Å²) in [6.45, 7) is 14.5. The van der Waals surface area contributed by atoms with Gasteiger partial charge in [0, 0.05) is 23.9 Å². The minimum Gasteiger partial charge on any atom is -0.477 e. The fourth-order valence-electron chi connectivity index (χ4n) is 5.29. The maximum Gasteiger partial charge on any atom is 0.258 e. The molecule has 2 fully saturated rings. The molecule has 1 aromatic heterocycles. The van der Waals surface area contributed by atoms with Gasteiger partial charge in [0.15, 0.2) is 0 Å². The van der Waals surface area contributed by atoms with Gasteiger partial charge in [-0.3, -0.25) is 9.59 Å². The van der Waals surface area contributed by atoms with E-state index in [1.165, 1.54) is 0 Å². The second-order valence-electron chi connectivity index (χ2n) is 11.0. The molecule has 8 heteroatoms. The van der Waals surface area contributed by atoms with E-state index in [0.29, 0.717) is 24.0 Å². The number of carbonyl (C=O) groups is 2. The number of carbonyl (C=O) groups excluding carboxylic acids is 2. The van der Waals surface area contributed by atoms with Crippen molar-refractivity contribution in [1.82, 2.24) is 20.4 Å². The zero-order valence-corrected chi connectivity index (χ0v) is 21.3. The Bertz CT molecular complexity index is 919. The third-order valence-corrected chi connectivity index (χ3v) is 6.76. The number of hydrogen-bond acceptors (Lipinski definition) is 5. The maximum atomic E-state index is 13.4. The van der Waals surface area contributed by atoms with E-state index in [4.69, 9.17) is 10.5 Å². The Hall–Kier alpha value is -2.77. The Morgan fingerprint density at radius 3 is 2.53 bits per heavy atom. The molecule has 1 aromatic rings. The highest BCUT2D eigenvalue weighted by atomic mass is 16.5. The first-order valence-corrected chi connectivity index (χ1v) is 12.4. The third-order valence-electron chi connectivity index (χ3n) is 6.76. The fourth-order valence-corrected chi connectivity index (χ4v) is 5.29. The molecule has 1 heterocycles. The highest BCUT2D eigenvalue weighted by Gasteiger charge is 2.43. The monoisotopic (exact) mass is 471 g/mol. The molecular weight excluding hydrogens is 430 g/mol. The molecular formula is C26H41N5O3. The number of amides is 2. The number of aromatic nitrogens is 2. The van der Waals surface area contributed by atoms with Crippen molar-refractivity contribution < 1.29 is 14.3 Å². The molecule has 2 saturated carbocycles. The van der Waals surface area contributed by atoms with Gasteiger partial charge in [-0.2, -0.15) is 5.10 Å². The predicted octanol–water partition coefficient (Wildman–Crippen LogP) is 3.70. The quantitative estimate of drug-likeness (QED) is 0.482. The molecule has 2 aliphatic carbocycles. The van der Waals surface area contributed by atoms with Gasteiger partial charge < -0.3 is 21.1 Å². The molecule has 0 radical (unpaired) electrons. The number of nitrogens with two attached hydrogens (primary N) is 1. The number of allylic oxidation sites excluding steroid dienone is 1. The van der Waals surface area contributed by atoms with Crippen LogP contribution in [-0.2, 0) is 4.79 Å². The summed E-state index contributed by atoms with van der Waals surface area (Å²) in [4.78, 5) is 25.2. The van der Waals surface area contributed by atoms with E-state index >= 15 is 0 Å². The topological polar surface area (TPSA) is 111 Å². The summed E-state index contributed by atoms with van der Waals surface area (Å²) in [5.74, 6) is 0.798. The van der Waals surface area contributed by atoms with Crippen LogP contribution in [0.5, 0.6) is 5.88 Å². The first-order chi connectivity index (χ1) is 16.0. The van der Waals surface area contributed by atoms with Crippen LogP contribution in [0.25, 0.3) is 6.20 Å². The fraction of sp³-hybridized carbons (Fsp3) is 0.654. The number of nitrogens with zero attached hydrogens (tertiary/aromatic N) is 2.